The molecule has 1 aliphatic rings. The highest BCUT2D eigenvalue weighted by Gasteiger charge is 2.21. The molecule has 5 nitrogen and oxygen atoms in total. The molecule has 2 N–H and O–H groups in total. The van der Waals surface area contributed by atoms with Gasteiger partial charge in [-0.1, -0.05) is 11.6 Å². The molecule has 0 saturated carbocycles. The first-order valence-corrected chi connectivity index (χ1v) is 5.91. The summed E-state index contributed by atoms with van der Waals surface area (Å²) in [5.74, 6) is -0.219. The fourth-order valence-corrected chi connectivity index (χ4v) is 1.86. The van der Waals surface area contributed by atoms with Crippen LogP contribution in [0.25, 0.3) is 0 Å². The highest BCUT2D eigenvalue weighted by Crippen LogP contribution is 2.20. The monoisotopic (exact) mass is 265 g/mol. The Balaban J connectivity index is 2.02. The van der Waals surface area contributed by atoms with Gasteiger partial charge < -0.3 is 15.4 Å². The number of amides is 1. The number of benzene rings is 1. The van der Waals surface area contributed by atoms with Crippen LogP contribution in [-0.4, -0.2) is 31.7 Å². The lowest BCUT2D eigenvalue weighted by atomic mass is 10.2. The number of nitriles is 1. The SMILES string of the molecule is N#Cc1ccc(NC(=O)C2CNCCO2)cc1Cl. The van der Waals surface area contributed by atoms with Crippen molar-refractivity contribution in [2.75, 3.05) is 25.0 Å². The molecule has 94 valence electrons. The Bertz CT molecular complexity index is 493. The molecule has 0 bridgehead atoms. The first kappa shape index (κ1) is 12.8. The first-order valence-electron chi connectivity index (χ1n) is 5.53. The average Bonchev–Trinajstić information content (AvgIpc) is 2.40. The van der Waals surface area contributed by atoms with Gasteiger partial charge in [-0.3, -0.25) is 4.79 Å². The van der Waals surface area contributed by atoms with Gasteiger partial charge in [-0.25, -0.2) is 0 Å². The predicted molar refractivity (Wildman–Crippen MR) is 67.4 cm³/mol. The molecule has 1 aliphatic heterocycles. The number of rotatable bonds is 2. The molecule has 1 aromatic carbocycles. The molecule has 18 heavy (non-hydrogen) atoms. The average molecular weight is 266 g/mol. The van der Waals surface area contributed by atoms with Crippen LogP contribution in [-0.2, 0) is 9.53 Å². The van der Waals surface area contributed by atoms with Crippen LogP contribution in [0, 0.1) is 11.3 Å². The summed E-state index contributed by atoms with van der Waals surface area (Å²) in [5.41, 5.74) is 0.934. The van der Waals surface area contributed by atoms with Crippen LogP contribution in [0.15, 0.2) is 18.2 Å². The van der Waals surface area contributed by atoms with Gasteiger partial charge in [0.25, 0.3) is 5.91 Å². The van der Waals surface area contributed by atoms with Crippen LogP contribution in [0.3, 0.4) is 0 Å². The van der Waals surface area contributed by atoms with Crippen molar-refractivity contribution >= 4 is 23.2 Å². The largest absolute Gasteiger partial charge is 0.366 e. The number of hydrogen-bond donors (Lipinski definition) is 2. The lowest BCUT2D eigenvalue weighted by Gasteiger charge is -2.22. The lowest BCUT2D eigenvalue weighted by Crippen LogP contribution is -2.45. The zero-order valence-corrected chi connectivity index (χ0v) is 10.3. The quantitative estimate of drug-likeness (QED) is 0.841. The maximum Gasteiger partial charge on any atom is 0.254 e. The highest BCUT2D eigenvalue weighted by molar-refractivity contribution is 6.32. The third-order valence-corrected chi connectivity index (χ3v) is 2.89. The fourth-order valence-electron chi connectivity index (χ4n) is 1.64. The van der Waals surface area contributed by atoms with Crippen molar-refractivity contribution in [2.24, 2.45) is 0 Å². The van der Waals surface area contributed by atoms with Gasteiger partial charge in [-0.05, 0) is 18.2 Å². The molecule has 1 saturated heterocycles. The number of halogens is 1. The smallest absolute Gasteiger partial charge is 0.254 e. The maximum atomic E-state index is 11.8. The first-order chi connectivity index (χ1) is 8.70. The number of morpholine rings is 1. The predicted octanol–water partition coefficient (Wildman–Crippen LogP) is 1.14. The summed E-state index contributed by atoms with van der Waals surface area (Å²) in [6.07, 6.45) is -0.492. The van der Waals surface area contributed by atoms with Gasteiger partial charge in [0.15, 0.2) is 0 Å². The third kappa shape index (κ3) is 2.99. The molecule has 2 rings (SSSR count). The van der Waals surface area contributed by atoms with Crippen molar-refractivity contribution in [3.05, 3.63) is 28.8 Å². The van der Waals surface area contributed by atoms with Crippen LogP contribution < -0.4 is 10.6 Å². The van der Waals surface area contributed by atoms with Crippen LogP contribution in [0.1, 0.15) is 5.56 Å². The van der Waals surface area contributed by atoms with E-state index in [0.29, 0.717) is 29.4 Å². The normalized spacial score (nSPS) is 19.0. The van der Waals surface area contributed by atoms with Gasteiger partial charge >= 0.3 is 0 Å². The van der Waals surface area contributed by atoms with E-state index in [4.69, 9.17) is 21.6 Å². The Kier molecular flexibility index (Phi) is 4.15. The number of hydrogen-bond acceptors (Lipinski definition) is 4. The standard InChI is InChI=1S/C12H12ClN3O2/c13-10-5-9(2-1-8(10)6-14)16-12(17)11-7-15-3-4-18-11/h1-2,5,11,15H,3-4,7H2,(H,16,17). The Morgan fingerprint density at radius 2 is 2.44 bits per heavy atom. The molecule has 1 fully saturated rings. The molecular formula is C12H12ClN3O2. The topological polar surface area (TPSA) is 74.2 Å². The molecule has 1 amide bonds. The van der Waals surface area contributed by atoms with E-state index < -0.39 is 6.10 Å². The van der Waals surface area contributed by atoms with Crippen molar-refractivity contribution in [2.45, 2.75) is 6.10 Å². The highest BCUT2D eigenvalue weighted by atomic mass is 35.5. The van der Waals surface area contributed by atoms with E-state index in [1.54, 1.807) is 18.2 Å². The molecular weight excluding hydrogens is 254 g/mol. The Morgan fingerprint density at radius 1 is 1.61 bits per heavy atom. The molecule has 1 unspecified atom stereocenters. The van der Waals surface area contributed by atoms with E-state index in [1.165, 1.54) is 0 Å². The molecule has 0 aliphatic carbocycles. The van der Waals surface area contributed by atoms with Crippen molar-refractivity contribution in [1.29, 1.82) is 5.26 Å². The molecule has 0 radical (unpaired) electrons. The Labute approximate surface area is 110 Å². The van der Waals surface area contributed by atoms with Crippen LogP contribution >= 0.6 is 11.6 Å². The summed E-state index contributed by atoms with van der Waals surface area (Å²) < 4.78 is 5.33. The van der Waals surface area contributed by atoms with E-state index in [1.807, 2.05) is 6.07 Å². The summed E-state index contributed by atoms with van der Waals surface area (Å²) in [6, 6.07) is 6.71. The van der Waals surface area contributed by atoms with Gasteiger partial charge in [0.05, 0.1) is 17.2 Å². The van der Waals surface area contributed by atoms with E-state index in [9.17, 15) is 4.79 Å². The molecule has 6 heteroatoms. The van der Waals surface area contributed by atoms with Crippen molar-refractivity contribution < 1.29 is 9.53 Å². The second-order valence-corrected chi connectivity index (χ2v) is 4.27. The minimum Gasteiger partial charge on any atom is -0.366 e. The van der Waals surface area contributed by atoms with Gasteiger partial charge in [0.1, 0.15) is 12.2 Å². The molecule has 1 atom stereocenters. The summed E-state index contributed by atoms with van der Waals surface area (Å²) >= 11 is 5.88. The number of carbonyl (C=O) groups excluding carboxylic acids is 1. The number of ether oxygens (including phenoxy) is 1. The van der Waals surface area contributed by atoms with Crippen molar-refractivity contribution in [3.63, 3.8) is 0 Å². The van der Waals surface area contributed by atoms with E-state index in [0.717, 1.165) is 6.54 Å². The van der Waals surface area contributed by atoms with E-state index in [2.05, 4.69) is 10.6 Å². The van der Waals surface area contributed by atoms with Crippen LogP contribution in [0.2, 0.25) is 5.02 Å². The van der Waals surface area contributed by atoms with Crippen LogP contribution in [0.5, 0.6) is 0 Å². The van der Waals surface area contributed by atoms with Gasteiger partial charge in [-0.2, -0.15) is 5.26 Å². The number of nitrogens with one attached hydrogen (secondary N) is 2. The molecule has 1 heterocycles. The second-order valence-electron chi connectivity index (χ2n) is 3.86. The molecule has 0 aromatic heterocycles. The van der Waals surface area contributed by atoms with Crippen LogP contribution in [0.4, 0.5) is 5.69 Å². The second kappa shape index (κ2) is 5.83. The number of anilines is 1. The fraction of sp³-hybridized carbons (Fsp3) is 0.333. The summed E-state index contributed by atoms with van der Waals surface area (Å²) in [5, 5.41) is 14.8. The molecule has 1 aromatic rings. The molecule has 0 spiro atoms. The number of nitrogens with zero attached hydrogens (tertiary/aromatic N) is 1. The van der Waals surface area contributed by atoms with Crippen molar-refractivity contribution in [3.8, 4) is 6.07 Å². The minimum atomic E-state index is -0.492. The van der Waals surface area contributed by atoms with Gasteiger partial charge in [0, 0.05) is 18.8 Å². The minimum absolute atomic E-state index is 0.219. The number of carbonyl (C=O) groups is 1. The lowest BCUT2D eigenvalue weighted by molar-refractivity contribution is -0.128. The van der Waals surface area contributed by atoms with Gasteiger partial charge in [0.2, 0.25) is 0 Å². The van der Waals surface area contributed by atoms with E-state index >= 15 is 0 Å². The third-order valence-electron chi connectivity index (χ3n) is 2.58. The van der Waals surface area contributed by atoms with Crippen molar-refractivity contribution in [1.82, 2.24) is 5.32 Å². The summed E-state index contributed by atoms with van der Waals surface area (Å²) in [4.78, 5) is 11.8. The van der Waals surface area contributed by atoms with Gasteiger partial charge in [-0.15, -0.1) is 0 Å². The summed E-state index contributed by atoms with van der Waals surface area (Å²) in [6.45, 7) is 1.77. The Hall–Kier alpha value is -1.61. The zero-order chi connectivity index (χ0) is 13.0. The Morgan fingerprint density at radius 3 is 3.06 bits per heavy atom. The van der Waals surface area contributed by atoms with E-state index in [-0.39, 0.29) is 5.91 Å². The zero-order valence-electron chi connectivity index (χ0n) is 9.57. The maximum absolute atomic E-state index is 11.8. The summed E-state index contributed by atoms with van der Waals surface area (Å²) in [7, 11) is 0.